The number of carbonyl (C=O) groups is 2. The van der Waals surface area contributed by atoms with Crippen molar-refractivity contribution in [1.29, 1.82) is 0 Å². The largest absolute Gasteiger partial charge is 0.475 e. The molecule has 1 heterocycles. The van der Waals surface area contributed by atoms with Gasteiger partial charge in [-0.2, -0.15) is 0 Å². The quantitative estimate of drug-likeness (QED) is 0.795. The van der Waals surface area contributed by atoms with Crippen molar-refractivity contribution in [2.24, 2.45) is 0 Å². The highest BCUT2D eigenvalue weighted by molar-refractivity contribution is 6.36. The number of para-hydroxylation sites is 1. The third-order valence-corrected chi connectivity index (χ3v) is 3.02. The van der Waals surface area contributed by atoms with Crippen molar-refractivity contribution < 1.29 is 14.7 Å². The zero-order valence-electron chi connectivity index (χ0n) is 9.65. The number of hydrogen-bond donors (Lipinski definition) is 2. The van der Waals surface area contributed by atoms with Crippen LogP contribution in [0, 0.1) is 0 Å². The molecular weight excluding hydrogens is 218 g/mol. The molecule has 0 aliphatic rings. The SMILES string of the molecule is CC(C)(C(=O)C(=O)O)c1c[nH]c2ccccc12. The van der Waals surface area contributed by atoms with Crippen LogP contribution in [0.25, 0.3) is 10.9 Å². The molecule has 88 valence electrons. The molecule has 2 aromatic rings. The predicted octanol–water partition coefficient (Wildman–Crippen LogP) is 2.10. The van der Waals surface area contributed by atoms with E-state index in [1.165, 1.54) is 0 Å². The maximum absolute atomic E-state index is 11.7. The topological polar surface area (TPSA) is 70.2 Å². The number of hydrogen-bond acceptors (Lipinski definition) is 2. The lowest BCUT2D eigenvalue weighted by molar-refractivity contribution is -0.151. The summed E-state index contributed by atoms with van der Waals surface area (Å²) in [4.78, 5) is 25.6. The highest BCUT2D eigenvalue weighted by atomic mass is 16.4. The van der Waals surface area contributed by atoms with Crippen LogP contribution in [0.3, 0.4) is 0 Å². The number of rotatable bonds is 3. The number of carbonyl (C=O) groups excluding carboxylic acids is 1. The van der Waals surface area contributed by atoms with Gasteiger partial charge >= 0.3 is 5.97 Å². The molecule has 0 radical (unpaired) electrons. The van der Waals surface area contributed by atoms with E-state index in [9.17, 15) is 9.59 Å². The lowest BCUT2D eigenvalue weighted by atomic mass is 9.80. The van der Waals surface area contributed by atoms with Gasteiger partial charge in [0.1, 0.15) is 0 Å². The molecule has 4 nitrogen and oxygen atoms in total. The van der Waals surface area contributed by atoms with Crippen molar-refractivity contribution in [3.05, 3.63) is 36.0 Å². The molecule has 0 atom stereocenters. The van der Waals surface area contributed by atoms with Crippen LogP contribution in [0.4, 0.5) is 0 Å². The number of aliphatic carboxylic acids is 1. The van der Waals surface area contributed by atoms with Crippen LogP contribution < -0.4 is 0 Å². The predicted molar refractivity (Wildman–Crippen MR) is 64.0 cm³/mol. The molecule has 2 N–H and O–H groups in total. The lowest BCUT2D eigenvalue weighted by Crippen LogP contribution is -2.34. The minimum atomic E-state index is -1.40. The molecule has 0 fully saturated rings. The highest BCUT2D eigenvalue weighted by Crippen LogP contribution is 2.31. The Morgan fingerprint density at radius 3 is 2.53 bits per heavy atom. The first kappa shape index (κ1) is 11.4. The monoisotopic (exact) mass is 231 g/mol. The Kier molecular flexibility index (Phi) is 2.50. The maximum Gasteiger partial charge on any atom is 0.373 e. The Balaban J connectivity index is 2.60. The number of carboxylic acid groups (broad SMARTS) is 1. The van der Waals surface area contributed by atoms with E-state index < -0.39 is 17.2 Å². The van der Waals surface area contributed by atoms with Crippen LogP contribution >= 0.6 is 0 Å². The molecule has 0 bridgehead atoms. The van der Waals surface area contributed by atoms with E-state index >= 15 is 0 Å². The number of ketones is 1. The first-order valence-electron chi connectivity index (χ1n) is 5.29. The molecule has 17 heavy (non-hydrogen) atoms. The third kappa shape index (κ3) is 1.71. The molecule has 1 aromatic carbocycles. The van der Waals surface area contributed by atoms with E-state index in [4.69, 9.17) is 5.11 Å². The fourth-order valence-corrected chi connectivity index (χ4v) is 1.98. The molecule has 4 heteroatoms. The molecule has 0 unspecified atom stereocenters. The summed E-state index contributed by atoms with van der Waals surface area (Å²) in [6.45, 7) is 3.25. The highest BCUT2D eigenvalue weighted by Gasteiger charge is 2.36. The molecule has 2 rings (SSSR count). The number of carboxylic acids is 1. The van der Waals surface area contributed by atoms with Crippen molar-refractivity contribution in [2.45, 2.75) is 19.3 Å². The minimum Gasteiger partial charge on any atom is -0.475 e. The van der Waals surface area contributed by atoms with Crippen molar-refractivity contribution >= 4 is 22.7 Å². The number of nitrogens with one attached hydrogen (secondary N) is 1. The van der Waals surface area contributed by atoms with Crippen LogP contribution in [0.15, 0.2) is 30.5 Å². The first-order valence-corrected chi connectivity index (χ1v) is 5.29. The summed E-state index contributed by atoms with van der Waals surface area (Å²) >= 11 is 0. The average Bonchev–Trinajstić information content (AvgIpc) is 2.72. The number of fused-ring (bicyclic) bond motifs is 1. The van der Waals surface area contributed by atoms with Gasteiger partial charge in [0.15, 0.2) is 0 Å². The van der Waals surface area contributed by atoms with E-state index in [2.05, 4.69) is 4.98 Å². The number of H-pyrrole nitrogens is 1. The molecule has 0 aliphatic carbocycles. The molecular formula is C13H13NO3. The minimum absolute atomic E-state index is 0.709. The van der Waals surface area contributed by atoms with Crippen molar-refractivity contribution in [3.63, 3.8) is 0 Å². The molecule has 0 amide bonds. The second kappa shape index (κ2) is 3.73. The second-order valence-electron chi connectivity index (χ2n) is 4.51. The van der Waals surface area contributed by atoms with E-state index in [0.29, 0.717) is 5.56 Å². The van der Waals surface area contributed by atoms with Gasteiger partial charge in [0.2, 0.25) is 5.78 Å². The van der Waals surface area contributed by atoms with Gasteiger partial charge in [-0.05, 0) is 25.5 Å². The lowest BCUT2D eigenvalue weighted by Gasteiger charge is -2.20. The second-order valence-corrected chi connectivity index (χ2v) is 4.51. The van der Waals surface area contributed by atoms with Crippen LogP contribution in [0.2, 0.25) is 0 Å². The Hall–Kier alpha value is -2.10. The van der Waals surface area contributed by atoms with Crippen LogP contribution in [0.5, 0.6) is 0 Å². The van der Waals surface area contributed by atoms with Crippen molar-refractivity contribution in [3.8, 4) is 0 Å². The molecule has 0 saturated heterocycles. The van der Waals surface area contributed by atoms with Gasteiger partial charge in [-0.1, -0.05) is 18.2 Å². The number of aromatic nitrogens is 1. The van der Waals surface area contributed by atoms with Crippen molar-refractivity contribution in [1.82, 2.24) is 4.98 Å². The van der Waals surface area contributed by atoms with Gasteiger partial charge < -0.3 is 10.1 Å². The summed E-state index contributed by atoms with van der Waals surface area (Å²) in [5.41, 5.74) is 0.570. The Morgan fingerprint density at radius 2 is 1.88 bits per heavy atom. The molecule has 0 saturated carbocycles. The average molecular weight is 231 g/mol. The summed E-state index contributed by atoms with van der Waals surface area (Å²) in [7, 11) is 0. The Bertz CT molecular complexity index is 595. The van der Waals surface area contributed by atoms with Gasteiger partial charge in [-0.25, -0.2) is 4.79 Å². The summed E-state index contributed by atoms with van der Waals surface area (Å²) in [6, 6.07) is 7.51. The van der Waals surface area contributed by atoms with Crippen molar-refractivity contribution in [2.75, 3.05) is 0 Å². The fraction of sp³-hybridized carbons (Fsp3) is 0.231. The molecule has 1 aromatic heterocycles. The number of aromatic amines is 1. The van der Waals surface area contributed by atoms with Crippen LogP contribution in [-0.4, -0.2) is 21.8 Å². The van der Waals surface area contributed by atoms with Gasteiger partial charge in [0.25, 0.3) is 0 Å². The zero-order valence-corrected chi connectivity index (χ0v) is 9.65. The van der Waals surface area contributed by atoms with E-state index in [0.717, 1.165) is 10.9 Å². The third-order valence-electron chi connectivity index (χ3n) is 3.02. The summed E-state index contributed by atoms with van der Waals surface area (Å²) in [5, 5.41) is 9.71. The normalized spacial score (nSPS) is 11.6. The van der Waals surface area contributed by atoms with Gasteiger partial charge in [0.05, 0.1) is 5.41 Å². The molecule has 0 spiro atoms. The standard InChI is InChI=1S/C13H13NO3/c1-13(2,11(15)12(16)17)9-7-14-10-6-4-3-5-8(9)10/h3-7,14H,1-2H3,(H,16,17). The van der Waals surface area contributed by atoms with E-state index in [1.54, 1.807) is 20.0 Å². The smallest absolute Gasteiger partial charge is 0.373 e. The first-order chi connectivity index (χ1) is 7.94. The summed E-state index contributed by atoms with van der Waals surface area (Å²) in [6.07, 6.45) is 1.70. The van der Waals surface area contributed by atoms with E-state index in [-0.39, 0.29) is 0 Å². The summed E-state index contributed by atoms with van der Waals surface area (Å²) in [5.74, 6) is -2.21. The zero-order chi connectivity index (χ0) is 12.6. The van der Waals surface area contributed by atoms with Gasteiger partial charge in [-0.3, -0.25) is 4.79 Å². The number of Topliss-reactive ketones (excluding diaryl/α,β-unsaturated/α-hetero) is 1. The van der Waals surface area contributed by atoms with E-state index in [1.807, 2.05) is 24.3 Å². The van der Waals surface area contributed by atoms with Gasteiger partial charge in [0, 0.05) is 17.1 Å². The fourth-order valence-electron chi connectivity index (χ4n) is 1.98. The molecule has 0 aliphatic heterocycles. The Morgan fingerprint density at radius 1 is 1.24 bits per heavy atom. The Labute approximate surface area is 98.3 Å². The van der Waals surface area contributed by atoms with Gasteiger partial charge in [-0.15, -0.1) is 0 Å². The van der Waals surface area contributed by atoms with Crippen LogP contribution in [0.1, 0.15) is 19.4 Å². The van der Waals surface area contributed by atoms with Crippen LogP contribution in [-0.2, 0) is 15.0 Å². The number of benzene rings is 1. The summed E-state index contributed by atoms with van der Waals surface area (Å²) < 4.78 is 0. The maximum atomic E-state index is 11.7.